The van der Waals surface area contributed by atoms with E-state index in [9.17, 15) is 14.0 Å². The van der Waals surface area contributed by atoms with Gasteiger partial charge >= 0.3 is 0 Å². The van der Waals surface area contributed by atoms with E-state index in [1.54, 1.807) is 13.0 Å². The Kier molecular flexibility index (Phi) is 5.67. The van der Waals surface area contributed by atoms with Crippen molar-refractivity contribution in [1.29, 1.82) is 0 Å². The first-order valence-corrected chi connectivity index (χ1v) is 10.3. The molecule has 0 bridgehead atoms. The number of benzene rings is 2. The Morgan fingerprint density at radius 3 is 2.73 bits per heavy atom. The van der Waals surface area contributed by atoms with Gasteiger partial charge in [0.15, 0.2) is 0 Å². The summed E-state index contributed by atoms with van der Waals surface area (Å²) in [5, 5.41) is 2.53. The normalized spacial score (nSPS) is 13.1. The molecular weight excluding hydrogens is 451 g/mol. The van der Waals surface area contributed by atoms with E-state index in [0.717, 1.165) is 6.42 Å². The standard InChI is InChI=1S/C22H20BrFN4O2/c1-14-10-21(30)28(13-20(29)26-19-7-6-17(23)11-18(19)24)22(25-14)27-9-8-15-4-2-3-5-16(15)12-27/h2-7,10-11H,8-9,12-13H2,1H3,(H,26,29). The molecule has 0 unspecified atom stereocenters. The highest BCUT2D eigenvalue weighted by Gasteiger charge is 2.22. The molecular formula is C22H20BrFN4O2. The third-order valence-corrected chi connectivity index (χ3v) is 5.53. The molecule has 0 saturated carbocycles. The minimum absolute atomic E-state index is 0.0600. The lowest BCUT2D eigenvalue weighted by molar-refractivity contribution is -0.116. The number of halogens is 2. The molecule has 3 aromatic rings. The molecule has 30 heavy (non-hydrogen) atoms. The summed E-state index contributed by atoms with van der Waals surface area (Å²) in [7, 11) is 0. The summed E-state index contributed by atoms with van der Waals surface area (Å²) in [5.74, 6) is -0.608. The Morgan fingerprint density at radius 1 is 1.20 bits per heavy atom. The van der Waals surface area contributed by atoms with Crippen molar-refractivity contribution in [2.75, 3.05) is 16.8 Å². The number of amides is 1. The molecule has 1 aliphatic rings. The van der Waals surface area contributed by atoms with E-state index in [4.69, 9.17) is 0 Å². The van der Waals surface area contributed by atoms with Crippen LogP contribution in [0.4, 0.5) is 16.0 Å². The second kappa shape index (κ2) is 8.39. The molecule has 1 aromatic heterocycles. The summed E-state index contributed by atoms with van der Waals surface area (Å²) in [6, 6.07) is 13.9. The molecule has 0 radical (unpaired) electrons. The summed E-state index contributed by atoms with van der Waals surface area (Å²) in [5.41, 5.74) is 2.78. The van der Waals surface area contributed by atoms with Crippen molar-refractivity contribution in [3.05, 3.63) is 86.0 Å². The largest absolute Gasteiger partial charge is 0.337 e. The highest BCUT2D eigenvalue weighted by Crippen LogP contribution is 2.23. The zero-order valence-electron chi connectivity index (χ0n) is 16.4. The van der Waals surface area contributed by atoms with E-state index in [1.807, 2.05) is 17.0 Å². The first kappa shape index (κ1) is 20.3. The van der Waals surface area contributed by atoms with Gasteiger partial charge in [-0.25, -0.2) is 9.37 Å². The van der Waals surface area contributed by atoms with Crippen molar-refractivity contribution in [3.63, 3.8) is 0 Å². The lowest BCUT2D eigenvalue weighted by Gasteiger charge is -2.31. The Morgan fingerprint density at radius 2 is 1.97 bits per heavy atom. The number of hydrogen-bond acceptors (Lipinski definition) is 4. The molecule has 1 amide bonds. The number of carbonyl (C=O) groups excluding carboxylic acids is 1. The Bertz CT molecular complexity index is 1180. The average Bonchev–Trinajstić information content (AvgIpc) is 2.71. The maximum absolute atomic E-state index is 14.1. The zero-order valence-corrected chi connectivity index (χ0v) is 17.9. The van der Waals surface area contributed by atoms with Gasteiger partial charge in [0.25, 0.3) is 5.56 Å². The van der Waals surface area contributed by atoms with Crippen molar-refractivity contribution in [2.24, 2.45) is 0 Å². The maximum Gasteiger partial charge on any atom is 0.255 e. The molecule has 0 aliphatic carbocycles. The van der Waals surface area contributed by atoms with Crippen LogP contribution in [0.15, 0.2) is 57.8 Å². The van der Waals surface area contributed by atoms with E-state index in [0.29, 0.717) is 29.2 Å². The van der Waals surface area contributed by atoms with Crippen LogP contribution in [0.25, 0.3) is 0 Å². The van der Waals surface area contributed by atoms with Gasteiger partial charge in [0, 0.05) is 29.3 Å². The van der Waals surface area contributed by atoms with Crippen molar-refractivity contribution in [3.8, 4) is 0 Å². The third kappa shape index (κ3) is 4.28. The molecule has 1 aliphatic heterocycles. The highest BCUT2D eigenvalue weighted by atomic mass is 79.9. The second-order valence-electron chi connectivity index (χ2n) is 7.23. The monoisotopic (exact) mass is 470 g/mol. The summed E-state index contributed by atoms with van der Waals surface area (Å²) in [6.45, 7) is 2.80. The molecule has 4 rings (SSSR count). The highest BCUT2D eigenvalue weighted by molar-refractivity contribution is 9.10. The topological polar surface area (TPSA) is 67.2 Å². The number of rotatable bonds is 4. The summed E-state index contributed by atoms with van der Waals surface area (Å²) >= 11 is 3.19. The lowest BCUT2D eigenvalue weighted by Crippen LogP contribution is -2.38. The van der Waals surface area contributed by atoms with Crippen molar-refractivity contribution in [1.82, 2.24) is 9.55 Å². The fraction of sp³-hybridized carbons (Fsp3) is 0.227. The van der Waals surface area contributed by atoms with Crippen LogP contribution in [0.5, 0.6) is 0 Å². The van der Waals surface area contributed by atoms with Crippen LogP contribution in [0.1, 0.15) is 16.8 Å². The van der Waals surface area contributed by atoms with E-state index in [1.165, 1.54) is 33.9 Å². The van der Waals surface area contributed by atoms with Gasteiger partial charge in [0.05, 0.1) is 5.69 Å². The van der Waals surface area contributed by atoms with Gasteiger partial charge in [-0.3, -0.25) is 14.2 Å². The van der Waals surface area contributed by atoms with Crippen LogP contribution >= 0.6 is 15.9 Å². The minimum Gasteiger partial charge on any atom is -0.337 e. The predicted octanol–water partition coefficient (Wildman–Crippen LogP) is 3.65. The SMILES string of the molecule is Cc1cc(=O)n(CC(=O)Nc2ccc(Br)cc2F)c(N2CCc3ccccc3C2)n1. The fourth-order valence-electron chi connectivity index (χ4n) is 3.59. The summed E-state index contributed by atoms with van der Waals surface area (Å²) < 4.78 is 16.0. The van der Waals surface area contributed by atoms with Crippen LogP contribution in [0.3, 0.4) is 0 Å². The minimum atomic E-state index is -0.556. The van der Waals surface area contributed by atoms with Crippen molar-refractivity contribution < 1.29 is 9.18 Å². The number of nitrogens with zero attached hydrogens (tertiary/aromatic N) is 3. The summed E-state index contributed by atoms with van der Waals surface area (Å²) in [4.78, 5) is 31.8. The predicted molar refractivity (Wildman–Crippen MR) is 117 cm³/mol. The number of aryl methyl sites for hydroxylation is 1. The third-order valence-electron chi connectivity index (χ3n) is 5.04. The van der Waals surface area contributed by atoms with Crippen molar-refractivity contribution in [2.45, 2.75) is 26.4 Å². The van der Waals surface area contributed by atoms with E-state index < -0.39 is 11.7 Å². The Labute approximate surface area is 181 Å². The Balaban J connectivity index is 1.61. The van der Waals surface area contributed by atoms with Crippen LogP contribution in [-0.2, 0) is 24.3 Å². The van der Waals surface area contributed by atoms with Gasteiger partial charge < -0.3 is 10.2 Å². The van der Waals surface area contributed by atoms with E-state index in [-0.39, 0.29) is 17.8 Å². The maximum atomic E-state index is 14.1. The second-order valence-corrected chi connectivity index (χ2v) is 8.15. The number of hydrogen-bond donors (Lipinski definition) is 1. The first-order valence-electron chi connectivity index (χ1n) is 9.56. The quantitative estimate of drug-likeness (QED) is 0.631. The number of aromatic nitrogens is 2. The van der Waals surface area contributed by atoms with Gasteiger partial charge in [-0.05, 0) is 42.7 Å². The van der Waals surface area contributed by atoms with Gasteiger partial charge in [0.2, 0.25) is 11.9 Å². The smallest absolute Gasteiger partial charge is 0.255 e. The van der Waals surface area contributed by atoms with Gasteiger partial charge in [-0.1, -0.05) is 40.2 Å². The fourth-order valence-corrected chi connectivity index (χ4v) is 3.92. The lowest BCUT2D eigenvalue weighted by atomic mass is 10.0. The number of carbonyl (C=O) groups is 1. The number of anilines is 2. The van der Waals surface area contributed by atoms with Crippen LogP contribution < -0.4 is 15.8 Å². The zero-order chi connectivity index (χ0) is 21.3. The first-order chi connectivity index (χ1) is 14.4. The molecule has 2 aromatic carbocycles. The van der Waals surface area contributed by atoms with Gasteiger partial charge in [-0.2, -0.15) is 0 Å². The molecule has 1 N–H and O–H groups in total. The van der Waals surface area contributed by atoms with Crippen LogP contribution in [-0.4, -0.2) is 22.0 Å². The molecule has 0 atom stereocenters. The Hall–Kier alpha value is -3.00. The number of nitrogens with one attached hydrogen (secondary N) is 1. The molecule has 6 nitrogen and oxygen atoms in total. The van der Waals surface area contributed by atoms with Gasteiger partial charge in [0.1, 0.15) is 12.4 Å². The summed E-state index contributed by atoms with van der Waals surface area (Å²) in [6.07, 6.45) is 0.830. The molecule has 154 valence electrons. The van der Waals surface area contributed by atoms with Crippen molar-refractivity contribution >= 4 is 33.5 Å². The van der Waals surface area contributed by atoms with E-state index >= 15 is 0 Å². The molecule has 0 saturated heterocycles. The van der Waals surface area contributed by atoms with Crippen LogP contribution in [0.2, 0.25) is 0 Å². The number of fused-ring (bicyclic) bond motifs is 1. The van der Waals surface area contributed by atoms with E-state index in [2.05, 4.69) is 38.4 Å². The van der Waals surface area contributed by atoms with Crippen LogP contribution in [0, 0.1) is 12.7 Å². The molecule has 2 heterocycles. The average molecular weight is 471 g/mol. The molecule has 0 fully saturated rings. The molecule has 8 heteroatoms. The molecule has 0 spiro atoms. The van der Waals surface area contributed by atoms with Gasteiger partial charge in [-0.15, -0.1) is 0 Å².